The third-order valence-corrected chi connectivity index (χ3v) is 5.05. The van der Waals surface area contributed by atoms with Crippen molar-refractivity contribution >= 4 is 29.2 Å². The SMILES string of the molecule is CCOC(=O)c1c(-c2ccc(Cl)c(Cl)c2)n(CC)c(Cn2cc(F)cn2)cc1=O. The minimum absolute atomic E-state index is 0.0949. The zero-order valence-electron chi connectivity index (χ0n) is 15.8. The van der Waals surface area contributed by atoms with Crippen LogP contribution < -0.4 is 5.43 Å². The van der Waals surface area contributed by atoms with Crippen molar-refractivity contribution < 1.29 is 13.9 Å². The predicted molar refractivity (Wildman–Crippen MR) is 109 cm³/mol. The maximum absolute atomic E-state index is 13.3. The number of hydrogen-bond donors (Lipinski definition) is 0. The first-order valence-electron chi connectivity index (χ1n) is 8.92. The molecule has 152 valence electrons. The van der Waals surface area contributed by atoms with Crippen LogP contribution >= 0.6 is 23.2 Å². The first-order valence-corrected chi connectivity index (χ1v) is 9.68. The molecule has 3 rings (SSSR count). The van der Waals surface area contributed by atoms with Crippen molar-refractivity contribution in [3.8, 4) is 11.3 Å². The van der Waals surface area contributed by atoms with Crippen LogP contribution in [0.3, 0.4) is 0 Å². The van der Waals surface area contributed by atoms with E-state index >= 15 is 0 Å². The van der Waals surface area contributed by atoms with Gasteiger partial charge in [0.25, 0.3) is 0 Å². The van der Waals surface area contributed by atoms with Crippen LogP contribution in [-0.4, -0.2) is 26.9 Å². The largest absolute Gasteiger partial charge is 0.462 e. The third kappa shape index (κ3) is 4.36. The van der Waals surface area contributed by atoms with Gasteiger partial charge in [-0.25, -0.2) is 9.18 Å². The van der Waals surface area contributed by atoms with E-state index in [1.807, 2.05) is 6.92 Å². The summed E-state index contributed by atoms with van der Waals surface area (Å²) in [4.78, 5) is 25.5. The van der Waals surface area contributed by atoms with Gasteiger partial charge < -0.3 is 9.30 Å². The Bertz CT molecular complexity index is 1120. The zero-order chi connectivity index (χ0) is 21.1. The van der Waals surface area contributed by atoms with Crippen LogP contribution in [0.2, 0.25) is 10.0 Å². The fourth-order valence-corrected chi connectivity index (χ4v) is 3.42. The van der Waals surface area contributed by atoms with E-state index in [1.54, 1.807) is 29.7 Å². The highest BCUT2D eigenvalue weighted by Crippen LogP contribution is 2.31. The zero-order valence-corrected chi connectivity index (χ0v) is 17.3. The molecule has 3 aromatic rings. The fourth-order valence-electron chi connectivity index (χ4n) is 3.12. The molecule has 0 aliphatic heterocycles. The van der Waals surface area contributed by atoms with Gasteiger partial charge in [0.2, 0.25) is 0 Å². The van der Waals surface area contributed by atoms with Crippen LogP contribution in [0.25, 0.3) is 11.3 Å². The van der Waals surface area contributed by atoms with Gasteiger partial charge in [0, 0.05) is 23.9 Å². The molecular formula is C20H18Cl2FN3O3. The van der Waals surface area contributed by atoms with Gasteiger partial charge in [0.1, 0.15) is 5.56 Å². The van der Waals surface area contributed by atoms with E-state index in [-0.39, 0.29) is 23.7 Å². The molecule has 2 aromatic heterocycles. The lowest BCUT2D eigenvalue weighted by Crippen LogP contribution is -2.25. The summed E-state index contributed by atoms with van der Waals surface area (Å²) < 4.78 is 21.6. The van der Waals surface area contributed by atoms with Gasteiger partial charge in [-0.15, -0.1) is 0 Å². The van der Waals surface area contributed by atoms with Crippen molar-refractivity contribution in [3.63, 3.8) is 0 Å². The minimum atomic E-state index is -0.725. The molecule has 0 aliphatic rings. The molecule has 0 spiro atoms. The summed E-state index contributed by atoms with van der Waals surface area (Å²) in [5.41, 5.74) is 0.851. The van der Waals surface area contributed by atoms with Crippen LogP contribution in [0.15, 0.2) is 41.5 Å². The van der Waals surface area contributed by atoms with E-state index < -0.39 is 17.2 Å². The smallest absolute Gasteiger partial charge is 0.344 e. The summed E-state index contributed by atoms with van der Waals surface area (Å²) in [5.74, 6) is -1.21. The molecule has 0 radical (unpaired) electrons. The van der Waals surface area contributed by atoms with Crippen LogP contribution in [-0.2, 0) is 17.8 Å². The minimum Gasteiger partial charge on any atom is -0.462 e. The highest BCUT2D eigenvalue weighted by atomic mass is 35.5. The highest BCUT2D eigenvalue weighted by molar-refractivity contribution is 6.42. The number of aromatic nitrogens is 3. The molecule has 2 heterocycles. The number of benzene rings is 1. The van der Waals surface area contributed by atoms with Crippen molar-refractivity contribution in [2.24, 2.45) is 0 Å². The first kappa shape index (κ1) is 21.1. The molecule has 0 amide bonds. The fraction of sp³-hybridized carbons (Fsp3) is 0.250. The van der Waals surface area contributed by atoms with Crippen LogP contribution in [0.4, 0.5) is 4.39 Å². The second kappa shape index (κ2) is 8.80. The number of carbonyl (C=O) groups is 1. The van der Waals surface area contributed by atoms with Gasteiger partial charge in [0.15, 0.2) is 11.2 Å². The van der Waals surface area contributed by atoms with E-state index in [2.05, 4.69) is 5.10 Å². The topological polar surface area (TPSA) is 66.1 Å². The number of pyridine rings is 1. The summed E-state index contributed by atoms with van der Waals surface area (Å²) in [7, 11) is 0. The lowest BCUT2D eigenvalue weighted by atomic mass is 10.0. The molecule has 9 heteroatoms. The second-order valence-corrected chi connectivity index (χ2v) is 6.99. The second-order valence-electron chi connectivity index (χ2n) is 6.17. The molecule has 0 saturated heterocycles. The molecule has 0 N–H and O–H groups in total. The van der Waals surface area contributed by atoms with Crippen LogP contribution in [0, 0.1) is 5.82 Å². The summed E-state index contributed by atoms with van der Waals surface area (Å²) in [6.07, 6.45) is 2.31. The van der Waals surface area contributed by atoms with Crippen molar-refractivity contribution in [3.05, 3.63) is 74.0 Å². The average molecular weight is 438 g/mol. The van der Waals surface area contributed by atoms with Crippen molar-refractivity contribution in [2.75, 3.05) is 6.61 Å². The Balaban J connectivity index is 2.28. The van der Waals surface area contributed by atoms with Crippen LogP contribution in [0.5, 0.6) is 0 Å². The van der Waals surface area contributed by atoms with Crippen LogP contribution in [0.1, 0.15) is 29.9 Å². The summed E-state index contributed by atoms with van der Waals surface area (Å²) in [5, 5.41) is 4.56. The number of hydrogen-bond acceptors (Lipinski definition) is 4. The standard InChI is InChI=1S/C20H18Cl2FN3O3/c1-3-26-14(11-25-10-13(23)9-24-25)8-17(27)18(20(28)29-4-2)19(26)12-5-6-15(21)16(22)7-12/h5-10H,3-4,11H2,1-2H3. The Kier molecular flexibility index (Phi) is 6.39. The summed E-state index contributed by atoms with van der Waals surface area (Å²) in [6.45, 7) is 4.23. The van der Waals surface area contributed by atoms with Gasteiger partial charge in [-0.3, -0.25) is 9.48 Å². The molecule has 0 saturated carbocycles. The maximum atomic E-state index is 13.3. The van der Waals surface area contributed by atoms with E-state index in [9.17, 15) is 14.0 Å². The molecule has 1 aromatic carbocycles. The lowest BCUT2D eigenvalue weighted by molar-refractivity contribution is 0.0525. The van der Waals surface area contributed by atoms with E-state index in [1.165, 1.54) is 16.9 Å². The molecule has 0 fully saturated rings. The van der Waals surface area contributed by atoms with Gasteiger partial charge in [-0.2, -0.15) is 5.10 Å². The van der Waals surface area contributed by atoms with Gasteiger partial charge in [0.05, 0.1) is 41.3 Å². The predicted octanol–water partition coefficient (Wildman–Crippen LogP) is 4.40. The van der Waals surface area contributed by atoms with E-state index in [0.29, 0.717) is 28.5 Å². The summed E-state index contributed by atoms with van der Waals surface area (Å²) >= 11 is 12.2. The number of rotatable bonds is 6. The van der Waals surface area contributed by atoms with E-state index in [4.69, 9.17) is 27.9 Å². The number of esters is 1. The number of carbonyl (C=O) groups excluding carboxylic acids is 1. The Hall–Kier alpha value is -2.64. The van der Waals surface area contributed by atoms with Gasteiger partial charge in [-0.1, -0.05) is 29.3 Å². The molecule has 6 nitrogen and oxygen atoms in total. The van der Waals surface area contributed by atoms with Crippen molar-refractivity contribution in [1.82, 2.24) is 14.3 Å². The highest BCUT2D eigenvalue weighted by Gasteiger charge is 2.24. The average Bonchev–Trinajstić information content (AvgIpc) is 3.08. The summed E-state index contributed by atoms with van der Waals surface area (Å²) in [6, 6.07) is 6.20. The van der Waals surface area contributed by atoms with Gasteiger partial charge >= 0.3 is 5.97 Å². The molecule has 0 atom stereocenters. The quantitative estimate of drug-likeness (QED) is 0.535. The molecular weight excluding hydrogens is 420 g/mol. The number of nitrogens with zero attached hydrogens (tertiary/aromatic N) is 3. The molecule has 0 aliphatic carbocycles. The van der Waals surface area contributed by atoms with Crippen molar-refractivity contribution in [2.45, 2.75) is 26.9 Å². The Morgan fingerprint density at radius 2 is 1.97 bits per heavy atom. The van der Waals surface area contributed by atoms with Crippen molar-refractivity contribution in [1.29, 1.82) is 0 Å². The third-order valence-electron chi connectivity index (χ3n) is 4.31. The van der Waals surface area contributed by atoms with E-state index in [0.717, 1.165) is 6.20 Å². The molecule has 0 bridgehead atoms. The number of halogens is 3. The Morgan fingerprint density at radius 1 is 1.21 bits per heavy atom. The maximum Gasteiger partial charge on any atom is 0.344 e. The Labute approximate surface area is 176 Å². The van der Waals surface area contributed by atoms with Gasteiger partial charge in [-0.05, 0) is 26.0 Å². The molecule has 0 unspecified atom stereocenters. The lowest BCUT2D eigenvalue weighted by Gasteiger charge is -2.20. The monoisotopic (exact) mass is 437 g/mol. The Morgan fingerprint density at radius 3 is 2.55 bits per heavy atom. The number of ether oxygens (including phenoxy) is 1. The normalized spacial score (nSPS) is 10.9. The molecule has 29 heavy (non-hydrogen) atoms. The first-order chi connectivity index (χ1) is 13.8.